The predicted octanol–water partition coefficient (Wildman–Crippen LogP) is 2.90. The summed E-state index contributed by atoms with van der Waals surface area (Å²) in [6.45, 7) is 9.57. The first-order chi connectivity index (χ1) is 13.3. The van der Waals surface area contributed by atoms with Crippen LogP contribution in [0.4, 0.5) is 0 Å². The number of esters is 1. The lowest BCUT2D eigenvalue weighted by atomic mass is 10.00. The fourth-order valence-corrected chi connectivity index (χ4v) is 3.37. The highest BCUT2D eigenvalue weighted by Gasteiger charge is 2.38. The topological polar surface area (TPSA) is 84.3 Å². The maximum Gasteiger partial charge on any atom is 0.340 e. The Balaban J connectivity index is 2.24. The lowest BCUT2D eigenvalue weighted by Crippen LogP contribution is -2.24. The number of carbonyl (C=O) groups is 1. The first kappa shape index (κ1) is 20.0. The van der Waals surface area contributed by atoms with Crippen LogP contribution >= 0.6 is 0 Å². The summed E-state index contributed by atoms with van der Waals surface area (Å²) in [5, 5.41) is 11.0. The van der Waals surface area contributed by atoms with Gasteiger partial charge in [-0.15, -0.1) is 6.58 Å². The molecule has 1 aliphatic carbocycles. The number of allylic oxidation sites excluding steroid dienone is 1. The number of ether oxygens (including phenoxy) is 1. The van der Waals surface area contributed by atoms with Gasteiger partial charge in [-0.3, -0.25) is 4.79 Å². The van der Waals surface area contributed by atoms with Crippen molar-refractivity contribution in [2.75, 3.05) is 6.61 Å². The summed E-state index contributed by atoms with van der Waals surface area (Å²) >= 11 is 0. The minimum absolute atomic E-state index is 0.166. The summed E-state index contributed by atoms with van der Waals surface area (Å²) in [5.41, 5.74) is 0.401. The number of aryl methyl sites for hydroxylation is 2. The van der Waals surface area contributed by atoms with Crippen LogP contribution in [0.15, 0.2) is 23.6 Å². The zero-order chi connectivity index (χ0) is 20.5. The fraction of sp³-hybridized carbons (Fsp3) is 0.455. The van der Waals surface area contributed by atoms with Gasteiger partial charge < -0.3 is 19.4 Å². The average molecular weight is 382 g/mol. The first-order valence-electron chi connectivity index (χ1n) is 9.59. The Morgan fingerprint density at radius 1 is 1.54 bits per heavy atom. The predicted molar refractivity (Wildman–Crippen MR) is 108 cm³/mol. The van der Waals surface area contributed by atoms with E-state index in [0.717, 1.165) is 12.8 Å². The second-order valence-electron chi connectivity index (χ2n) is 7.39. The van der Waals surface area contributed by atoms with Crippen LogP contribution in [0.25, 0.3) is 10.9 Å². The van der Waals surface area contributed by atoms with Gasteiger partial charge in [0.1, 0.15) is 11.1 Å². The highest BCUT2D eigenvalue weighted by atomic mass is 16.5. The Labute approximate surface area is 164 Å². The summed E-state index contributed by atoms with van der Waals surface area (Å²) in [7, 11) is 0. The molecule has 1 fully saturated rings. The number of aliphatic hydroxyl groups is 1. The summed E-state index contributed by atoms with van der Waals surface area (Å²) < 4.78 is 6.74. The molecule has 2 aromatic heterocycles. The third-order valence-corrected chi connectivity index (χ3v) is 5.09. The van der Waals surface area contributed by atoms with E-state index in [4.69, 9.17) is 4.74 Å². The number of H-pyrrole nitrogens is 1. The van der Waals surface area contributed by atoms with Gasteiger partial charge in [0.05, 0.1) is 17.7 Å². The van der Waals surface area contributed by atoms with E-state index in [2.05, 4.69) is 23.4 Å². The molecule has 2 aromatic rings. The molecule has 148 valence electrons. The van der Waals surface area contributed by atoms with E-state index >= 15 is 0 Å². The summed E-state index contributed by atoms with van der Waals surface area (Å²) in [5.74, 6) is 5.65. The van der Waals surface area contributed by atoms with E-state index in [1.807, 2.05) is 0 Å². The number of pyridine rings is 1. The molecular weight excluding hydrogens is 356 g/mol. The van der Waals surface area contributed by atoms with Crippen LogP contribution in [-0.2, 0) is 11.3 Å². The van der Waals surface area contributed by atoms with Gasteiger partial charge in [0.25, 0.3) is 5.56 Å². The van der Waals surface area contributed by atoms with Crippen molar-refractivity contribution >= 4 is 16.9 Å². The molecule has 1 atom stereocenters. The van der Waals surface area contributed by atoms with Gasteiger partial charge in [0.2, 0.25) is 0 Å². The van der Waals surface area contributed by atoms with E-state index in [9.17, 15) is 14.7 Å². The maximum absolute atomic E-state index is 12.9. The molecule has 28 heavy (non-hydrogen) atoms. The number of fused-ring (bicyclic) bond motifs is 1. The van der Waals surface area contributed by atoms with Crippen molar-refractivity contribution in [3.8, 4) is 11.8 Å². The van der Waals surface area contributed by atoms with Crippen molar-refractivity contribution in [2.45, 2.75) is 52.2 Å². The van der Waals surface area contributed by atoms with Gasteiger partial charge in [0, 0.05) is 23.8 Å². The van der Waals surface area contributed by atoms with Crippen molar-refractivity contribution in [1.82, 2.24) is 9.55 Å². The maximum atomic E-state index is 12.9. The third-order valence-electron chi connectivity index (χ3n) is 5.09. The van der Waals surface area contributed by atoms with Crippen molar-refractivity contribution in [1.29, 1.82) is 0 Å². The number of aromatic amines is 1. The summed E-state index contributed by atoms with van der Waals surface area (Å²) in [6.07, 6.45) is 5.92. The van der Waals surface area contributed by atoms with Crippen LogP contribution in [0.5, 0.6) is 0 Å². The molecule has 3 rings (SSSR count). The Morgan fingerprint density at radius 3 is 2.86 bits per heavy atom. The Kier molecular flexibility index (Phi) is 5.48. The number of carbonyl (C=O) groups excluding carboxylic acids is 1. The van der Waals surface area contributed by atoms with Crippen molar-refractivity contribution < 1.29 is 14.6 Å². The molecule has 0 radical (unpaired) electrons. The lowest BCUT2D eigenvalue weighted by molar-refractivity contribution is 0.0528. The molecule has 0 spiro atoms. The fourth-order valence-electron chi connectivity index (χ4n) is 3.37. The molecule has 0 aliphatic heterocycles. The number of nitrogens with one attached hydrogen (secondary N) is 1. The zero-order valence-electron chi connectivity index (χ0n) is 16.6. The molecule has 6 heteroatoms. The van der Waals surface area contributed by atoms with Gasteiger partial charge in [-0.2, -0.15) is 0 Å². The number of aromatic nitrogens is 2. The Morgan fingerprint density at radius 2 is 2.25 bits per heavy atom. The van der Waals surface area contributed by atoms with E-state index in [0.29, 0.717) is 40.7 Å². The standard InChI is InChI=1S/C22H26N2O4/c1-5-7-12-24-13-15(10-11-22(4,27)16-8-9-16)18-17(21(26)28-6-2)14(3)23-19(18)20(24)25/h5,13,16,23,27H,1,6-9,12H2,2-4H3. The molecule has 0 amide bonds. The number of hydrogen-bond acceptors (Lipinski definition) is 4. The summed E-state index contributed by atoms with van der Waals surface area (Å²) in [4.78, 5) is 28.5. The highest BCUT2D eigenvalue weighted by molar-refractivity contribution is 6.07. The van der Waals surface area contributed by atoms with E-state index in [-0.39, 0.29) is 18.1 Å². The second-order valence-corrected chi connectivity index (χ2v) is 7.39. The minimum atomic E-state index is -1.09. The highest BCUT2D eigenvalue weighted by Crippen LogP contribution is 2.39. The van der Waals surface area contributed by atoms with Crippen LogP contribution in [-0.4, -0.2) is 32.8 Å². The van der Waals surface area contributed by atoms with Crippen LogP contribution in [0.1, 0.15) is 54.7 Å². The van der Waals surface area contributed by atoms with Crippen LogP contribution in [0, 0.1) is 24.7 Å². The molecule has 0 saturated heterocycles. The molecular formula is C22H26N2O4. The van der Waals surface area contributed by atoms with Gasteiger partial charge in [0.15, 0.2) is 0 Å². The quantitative estimate of drug-likeness (QED) is 0.457. The lowest BCUT2D eigenvalue weighted by Gasteiger charge is -2.14. The average Bonchev–Trinajstić information content (AvgIpc) is 3.44. The van der Waals surface area contributed by atoms with Gasteiger partial charge in [-0.1, -0.05) is 17.9 Å². The van der Waals surface area contributed by atoms with Crippen molar-refractivity contribution in [3.63, 3.8) is 0 Å². The molecule has 2 heterocycles. The third kappa shape index (κ3) is 3.76. The Bertz CT molecular complexity index is 1040. The molecule has 0 bridgehead atoms. The SMILES string of the molecule is C=CCCn1cc(C#CC(C)(O)C2CC2)c2c(C(=O)OCC)c(C)[nH]c2c1=O. The van der Waals surface area contributed by atoms with Crippen LogP contribution in [0.2, 0.25) is 0 Å². The number of hydrogen-bond donors (Lipinski definition) is 2. The molecule has 0 aromatic carbocycles. The largest absolute Gasteiger partial charge is 0.462 e. The second kappa shape index (κ2) is 7.69. The molecule has 1 aliphatic rings. The number of nitrogens with zero attached hydrogens (tertiary/aromatic N) is 1. The minimum Gasteiger partial charge on any atom is -0.462 e. The van der Waals surface area contributed by atoms with E-state index < -0.39 is 11.6 Å². The normalized spacial score (nSPS) is 15.6. The smallest absolute Gasteiger partial charge is 0.340 e. The molecule has 1 unspecified atom stereocenters. The van der Waals surface area contributed by atoms with E-state index in [1.165, 1.54) is 0 Å². The molecule has 1 saturated carbocycles. The molecule has 2 N–H and O–H groups in total. The van der Waals surface area contributed by atoms with E-state index in [1.54, 1.807) is 37.6 Å². The van der Waals surface area contributed by atoms with Crippen LogP contribution < -0.4 is 5.56 Å². The zero-order valence-corrected chi connectivity index (χ0v) is 16.6. The first-order valence-corrected chi connectivity index (χ1v) is 9.59. The van der Waals surface area contributed by atoms with Crippen molar-refractivity contribution in [3.05, 3.63) is 46.0 Å². The Hall–Kier alpha value is -2.78. The van der Waals surface area contributed by atoms with Crippen LogP contribution in [0.3, 0.4) is 0 Å². The van der Waals surface area contributed by atoms with Gasteiger partial charge >= 0.3 is 5.97 Å². The number of rotatable bonds is 6. The van der Waals surface area contributed by atoms with Gasteiger partial charge in [-0.05, 0) is 46.0 Å². The molecule has 6 nitrogen and oxygen atoms in total. The monoisotopic (exact) mass is 382 g/mol. The summed E-state index contributed by atoms with van der Waals surface area (Å²) in [6, 6.07) is 0. The van der Waals surface area contributed by atoms with Gasteiger partial charge in [-0.25, -0.2) is 4.79 Å². The van der Waals surface area contributed by atoms with Crippen molar-refractivity contribution in [2.24, 2.45) is 5.92 Å².